The first-order chi connectivity index (χ1) is 16.9. The molecule has 3 heterocycles. The van der Waals surface area contributed by atoms with E-state index >= 15 is 0 Å². The summed E-state index contributed by atoms with van der Waals surface area (Å²) in [6, 6.07) is 4.15. The molecule has 36 heavy (non-hydrogen) atoms. The Morgan fingerprint density at radius 3 is 2.47 bits per heavy atom. The third-order valence-corrected chi connectivity index (χ3v) is 7.29. The first-order valence-electron chi connectivity index (χ1n) is 11.1. The van der Waals surface area contributed by atoms with Crippen LogP contribution in [0.4, 0.5) is 23.5 Å². The molecule has 3 aromatic rings. The van der Waals surface area contributed by atoms with Crippen LogP contribution >= 0.6 is 0 Å². The molecule has 0 amide bonds. The first kappa shape index (κ1) is 26.0. The summed E-state index contributed by atoms with van der Waals surface area (Å²) in [6.07, 6.45) is -0.758. The van der Waals surface area contributed by atoms with Crippen molar-refractivity contribution >= 4 is 16.0 Å². The number of benzene rings is 1. The number of aryl methyl sites for hydroxylation is 1. The quantitative estimate of drug-likeness (QED) is 0.473. The second kappa shape index (κ2) is 9.75. The van der Waals surface area contributed by atoms with Gasteiger partial charge in [-0.05, 0) is 37.5 Å². The number of imidazole rings is 1. The second-order valence-corrected chi connectivity index (χ2v) is 10.5. The number of rotatable bonds is 6. The van der Waals surface area contributed by atoms with Crippen LogP contribution in [-0.4, -0.2) is 57.6 Å². The molecule has 0 bridgehead atoms. The van der Waals surface area contributed by atoms with Crippen molar-refractivity contribution in [3.63, 3.8) is 0 Å². The summed E-state index contributed by atoms with van der Waals surface area (Å²) >= 11 is 0. The number of hydrogen-bond donors (Lipinski definition) is 2. The van der Waals surface area contributed by atoms with Crippen LogP contribution in [0.2, 0.25) is 0 Å². The van der Waals surface area contributed by atoms with Crippen LogP contribution in [0.3, 0.4) is 0 Å². The Kier molecular flexibility index (Phi) is 7.03. The number of sulfonamides is 1. The summed E-state index contributed by atoms with van der Waals surface area (Å²) in [6.45, 7) is 2.25. The van der Waals surface area contributed by atoms with Crippen molar-refractivity contribution in [3.8, 4) is 17.1 Å². The molecule has 0 spiro atoms. The molecule has 194 valence electrons. The van der Waals surface area contributed by atoms with Gasteiger partial charge in [0.1, 0.15) is 28.6 Å². The maximum atomic E-state index is 14.6. The van der Waals surface area contributed by atoms with Gasteiger partial charge in [0.05, 0.1) is 11.9 Å². The highest BCUT2D eigenvalue weighted by molar-refractivity contribution is 7.88. The fourth-order valence-corrected chi connectivity index (χ4v) is 4.95. The predicted molar refractivity (Wildman–Crippen MR) is 125 cm³/mol. The molecule has 1 aromatic carbocycles. The average molecular weight is 528 g/mol. The summed E-state index contributed by atoms with van der Waals surface area (Å²) in [5, 5.41) is 3.00. The molecule has 0 radical (unpaired) electrons. The Morgan fingerprint density at radius 1 is 1.19 bits per heavy atom. The van der Waals surface area contributed by atoms with Crippen LogP contribution in [0, 0.1) is 12.7 Å². The van der Waals surface area contributed by atoms with E-state index in [0.29, 0.717) is 24.6 Å². The maximum absolute atomic E-state index is 14.6. The summed E-state index contributed by atoms with van der Waals surface area (Å²) in [5.41, 5.74) is 4.60. The highest BCUT2D eigenvalue weighted by atomic mass is 32.2. The monoisotopic (exact) mass is 527 g/mol. The summed E-state index contributed by atoms with van der Waals surface area (Å²) in [5.74, 6) is -0.369. The number of halogens is 4. The van der Waals surface area contributed by atoms with E-state index in [1.807, 2.05) is 0 Å². The summed E-state index contributed by atoms with van der Waals surface area (Å²) in [7, 11) is -3.31. The van der Waals surface area contributed by atoms with E-state index in [1.165, 1.54) is 27.2 Å². The van der Waals surface area contributed by atoms with Gasteiger partial charge < -0.3 is 15.6 Å². The van der Waals surface area contributed by atoms with E-state index in [-0.39, 0.29) is 48.8 Å². The molecule has 1 fully saturated rings. The Bertz CT molecular complexity index is 1370. The molecule has 0 atom stereocenters. The number of nitrogens with zero attached hydrogens (tertiary/aromatic N) is 5. The summed E-state index contributed by atoms with van der Waals surface area (Å²) in [4.78, 5) is 12.2. The maximum Gasteiger partial charge on any atom is 0.420 e. The normalized spacial score (nSPS) is 15.9. The van der Waals surface area contributed by atoms with Crippen molar-refractivity contribution in [3.05, 3.63) is 53.4 Å². The van der Waals surface area contributed by atoms with E-state index in [2.05, 4.69) is 20.3 Å². The van der Waals surface area contributed by atoms with Gasteiger partial charge in [0.15, 0.2) is 0 Å². The molecule has 1 aliphatic heterocycles. The van der Waals surface area contributed by atoms with Crippen molar-refractivity contribution in [2.75, 3.05) is 24.7 Å². The van der Waals surface area contributed by atoms with Crippen LogP contribution in [0.5, 0.6) is 0 Å². The second-order valence-electron chi connectivity index (χ2n) is 8.57. The summed E-state index contributed by atoms with van der Waals surface area (Å²) < 4.78 is 82.1. The topological polar surface area (TPSA) is 119 Å². The minimum Gasteiger partial charge on any atom is -0.351 e. The highest BCUT2D eigenvalue weighted by Gasteiger charge is 2.36. The zero-order valence-electron chi connectivity index (χ0n) is 19.5. The van der Waals surface area contributed by atoms with Gasteiger partial charge in [-0.15, -0.1) is 0 Å². The van der Waals surface area contributed by atoms with Gasteiger partial charge in [0.25, 0.3) is 0 Å². The van der Waals surface area contributed by atoms with Gasteiger partial charge in [-0.3, -0.25) is 0 Å². The Morgan fingerprint density at radius 2 is 1.89 bits per heavy atom. The molecule has 2 aromatic heterocycles. The van der Waals surface area contributed by atoms with E-state index < -0.39 is 33.3 Å². The van der Waals surface area contributed by atoms with Crippen LogP contribution in [0.1, 0.15) is 29.8 Å². The Hall–Kier alpha value is -3.10. The van der Waals surface area contributed by atoms with Crippen molar-refractivity contribution < 1.29 is 26.0 Å². The molecule has 9 nitrogen and oxygen atoms in total. The van der Waals surface area contributed by atoms with E-state index in [4.69, 9.17) is 5.73 Å². The number of nitrogens with one attached hydrogen (secondary N) is 1. The van der Waals surface area contributed by atoms with Crippen molar-refractivity contribution in [1.29, 1.82) is 0 Å². The fraction of sp³-hybridized carbons (Fsp3) is 0.409. The average Bonchev–Trinajstić information content (AvgIpc) is 3.19. The number of hydrogen-bond acceptors (Lipinski definition) is 7. The molecule has 0 unspecified atom stereocenters. The smallest absolute Gasteiger partial charge is 0.351 e. The van der Waals surface area contributed by atoms with Crippen molar-refractivity contribution in [1.82, 2.24) is 23.8 Å². The molecule has 1 saturated heterocycles. The fourth-order valence-electron chi connectivity index (χ4n) is 4.07. The zero-order chi connectivity index (χ0) is 26.3. The van der Waals surface area contributed by atoms with Crippen LogP contribution in [0.15, 0.2) is 30.6 Å². The lowest BCUT2D eigenvalue weighted by atomic mass is 10.1. The van der Waals surface area contributed by atoms with E-state index in [9.17, 15) is 26.0 Å². The lowest BCUT2D eigenvalue weighted by Gasteiger charge is -2.30. The van der Waals surface area contributed by atoms with Crippen molar-refractivity contribution in [2.24, 2.45) is 5.73 Å². The molecule has 3 N–H and O–H groups in total. The molecule has 14 heteroatoms. The minimum atomic E-state index is -4.75. The highest BCUT2D eigenvalue weighted by Crippen LogP contribution is 2.36. The van der Waals surface area contributed by atoms with Crippen molar-refractivity contribution in [2.45, 2.75) is 38.5 Å². The molecule has 0 aliphatic carbocycles. The predicted octanol–water partition coefficient (Wildman–Crippen LogP) is 3.09. The van der Waals surface area contributed by atoms with E-state index in [0.717, 1.165) is 6.26 Å². The van der Waals surface area contributed by atoms with Crippen LogP contribution in [0.25, 0.3) is 17.1 Å². The minimum absolute atomic E-state index is 0.0403. The third kappa shape index (κ3) is 5.50. The first-order valence-corrected chi connectivity index (χ1v) is 12.9. The van der Waals surface area contributed by atoms with Crippen LogP contribution < -0.4 is 11.1 Å². The number of aromatic nitrogens is 4. The Balaban J connectivity index is 1.66. The van der Waals surface area contributed by atoms with Gasteiger partial charge in [0.2, 0.25) is 16.0 Å². The lowest BCUT2D eigenvalue weighted by Crippen LogP contribution is -2.42. The largest absolute Gasteiger partial charge is 0.420 e. The van der Waals surface area contributed by atoms with E-state index in [1.54, 1.807) is 13.0 Å². The van der Waals surface area contributed by atoms with Gasteiger partial charge >= 0.3 is 6.18 Å². The Labute approximate surface area is 205 Å². The number of nitrogens with two attached hydrogens (primary N) is 1. The lowest BCUT2D eigenvalue weighted by molar-refractivity contribution is -0.137. The van der Waals surface area contributed by atoms with Gasteiger partial charge in [-0.25, -0.2) is 32.1 Å². The van der Waals surface area contributed by atoms with Gasteiger partial charge in [-0.1, -0.05) is 6.07 Å². The molecular formula is C22H25F4N7O2S. The number of alkyl halides is 3. The number of anilines is 1. The third-order valence-electron chi connectivity index (χ3n) is 5.98. The number of piperidine rings is 1. The zero-order valence-corrected chi connectivity index (χ0v) is 20.4. The van der Waals surface area contributed by atoms with Gasteiger partial charge in [0, 0.05) is 38.1 Å². The van der Waals surface area contributed by atoms with Gasteiger partial charge in [-0.2, -0.15) is 13.2 Å². The standard InChI is InChI=1S/C22H25F4N7O2S/c1-13-29-18(12-33(13)19-4-3-14(10-27)9-17(19)23)20-16(22(24,25)26)11-28-21(31-20)30-15-5-7-32(8-6-15)36(2,34)35/h3-4,9,11-12,15H,5-8,10,27H2,1-2H3,(H,28,30,31). The molecular weight excluding hydrogens is 502 g/mol. The van der Waals surface area contributed by atoms with Crippen LogP contribution in [-0.2, 0) is 22.7 Å². The molecule has 0 saturated carbocycles. The SMILES string of the molecule is Cc1nc(-c2nc(NC3CCN(S(C)(=O)=O)CC3)ncc2C(F)(F)F)cn1-c1ccc(CN)cc1F. The molecule has 4 rings (SSSR count). The molecule has 1 aliphatic rings.